The molecule has 1 amide bonds. The Morgan fingerprint density at radius 3 is 2.89 bits per heavy atom. The molecule has 1 aliphatic rings. The SMILES string of the molecule is O=C(Cn1ncc2ccccc2c1=O)N1CCCC[C@@H]1CCn1cccn1. The smallest absolute Gasteiger partial charge is 0.275 e. The number of rotatable bonds is 5. The van der Waals surface area contributed by atoms with Gasteiger partial charge < -0.3 is 4.90 Å². The van der Waals surface area contributed by atoms with Crippen molar-refractivity contribution >= 4 is 16.7 Å². The Morgan fingerprint density at radius 2 is 2.04 bits per heavy atom. The van der Waals surface area contributed by atoms with Crippen LogP contribution in [0.2, 0.25) is 0 Å². The monoisotopic (exact) mass is 365 g/mol. The largest absolute Gasteiger partial charge is 0.338 e. The number of likely N-dealkylation sites (tertiary alicyclic amines) is 1. The molecule has 0 aliphatic carbocycles. The Hall–Kier alpha value is -2.96. The van der Waals surface area contributed by atoms with Gasteiger partial charge >= 0.3 is 0 Å². The predicted octanol–water partition coefficient (Wildman–Crippen LogP) is 2.06. The highest BCUT2D eigenvalue weighted by Crippen LogP contribution is 2.20. The molecule has 0 N–H and O–H groups in total. The summed E-state index contributed by atoms with van der Waals surface area (Å²) in [6.45, 7) is 1.52. The Kier molecular flexibility index (Phi) is 5.00. The van der Waals surface area contributed by atoms with E-state index in [4.69, 9.17) is 0 Å². The molecule has 2 aromatic heterocycles. The van der Waals surface area contributed by atoms with Gasteiger partial charge in [-0.15, -0.1) is 0 Å². The van der Waals surface area contributed by atoms with E-state index in [1.165, 1.54) is 4.68 Å². The number of fused-ring (bicyclic) bond motifs is 1. The summed E-state index contributed by atoms with van der Waals surface area (Å²) in [4.78, 5) is 27.5. The number of piperidine rings is 1. The second kappa shape index (κ2) is 7.73. The van der Waals surface area contributed by atoms with Gasteiger partial charge in [-0.05, 0) is 37.8 Å². The van der Waals surface area contributed by atoms with Crippen LogP contribution in [0.5, 0.6) is 0 Å². The van der Waals surface area contributed by atoms with Gasteiger partial charge in [-0.25, -0.2) is 4.68 Å². The van der Waals surface area contributed by atoms with E-state index in [0.29, 0.717) is 5.39 Å². The Bertz CT molecular complexity index is 979. The van der Waals surface area contributed by atoms with E-state index in [0.717, 1.165) is 44.2 Å². The van der Waals surface area contributed by atoms with Crippen molar-refractivity contribution in [2.75, 3.05) is 6.54 Å². The third-order valence-electron chi connectivity index (χ3n) is 5.24. The van der Waals surface area contributed by atoms with Gasteiger partial charge in [0.05, 0.1) is 11.6 Å². The first-order valence-electron chi connectivity index (χ1n) is 9.44. The normalized spacial score (nSPS) is 17.3. The number of aryl methyl sites for hydroxylation is 1. The van der Waals surface area contributed by atoms with Gasteiger partial charge in [-0.3, -0.25) is 14.3 Å². The van der Waals surface area contributed by atoms with E-state index in [2.05, 4.69) is 10.2 Å². The summed E-state index contributed by atoms with van der Waals surface area (Å²) in [5, 5.41) is 9.82. The maximum Gasteiger partial charge on any atom is 0.275 e. The van der Waals surface area contributed by atoms with Crippen LogP contribution >= 0.6 is 0 Å². The summed E-state index contributed by atoms with van der Waals surface area (Å²) >= 11 is 0. The van der Waals surface area contributed by atoms with Gasteiger partial charge in [0.1, 0.15) is 6.54 Å². The lowest BCUT2D eigenvalue weighted by molar-refractivity contribution is -0.136. The average molecular weight is 365 g/mol. The standard InChI is InChI=1S/C20H23N5O2/c26-19(15-25-20(27)18-8-2-1-6-16(18)14-22-25)24-12-4-3-7-17(24)9-13-23-11-5-10-21-23/h1-2,5-6,8,10-11,14,17H,3-4,7,9,12-13,15H2/t17-/m1/s1. The summed E-state index contributed by atoms with van der Waals surface area (Å²) in [7, 11) is 0. The maximum absolute atomic E-state index is 12.9. The minimum Gasteiger partial charge on any atom is -0.338 e. The summed E-state index contributed by atoms with van der Waals surface area (Å²) in [6.07, 6.45) is 9.34. The van der Waals surface area contributed by atoms with Crippen LogP contribution in [0, 0.1) is 0 Å². The number of amides is 1. The molecule has 4 rings (SSSR count). The molecular weight excluding hydrogens is 342 g/mol. The lowest BCUT2D eigenvalue weighted by Gasteiger charge is -2.36. The van der Waals surface area contributed by atoms with Gasteiger partial charge in [-0.2, -0.15) is 10.2 Å². The van der Waals surface area contributed by atoms with Crippen LogP contribution in [0.3, 0.4) is 0 Å². The molecule has 3 heterocycles. The molecule has 7 heteroatoms. The first-order chi connectivity index (χ1) is 13.2. The average Bonchev–Trinajstić information content (AvgIpc) is 3.22. The van der Waals surface area contributed by atoms with Gasteiger partial charge in [0, 0.05) is 36.9 Å². The molecule has 0 radical (unpaired) electrons. The lowest BCUT2D eigenvalue weighted by Crippen LogP contribution is -2.46. The van der Waals surface area contributed by atoms with Gasteiger partial charge in [0.25, 0.3) is 5.56 Å². The molecule has 3 aromatic rings. The molecule has 1 aromatic carbocycles. The van der Waals surface area contributed by atoms with Crippen molar-refractivity contribution in [3.05, 3.63) is 59.3 Å². The zero-order chi connectivity index (χ0) is 18.6. The Morgan fingerprint density at radius 1 is 1.15 bits per heavy atom. The van der Waals surface area contributed by atoms with Gasteiger partial charge in [-0.1, -0.05) is 18.2 Å². The molecule has 0 spiro atoms. The summed E-state index contributed by atoms with van der Waals surface area (Å²) in [5.41, 5.74) is -0.216. The molecule has 0 unspecified atom stereocenters. The Labute approximate surface area is 157 Å². The molecule has 0 saturated carbocycles. The summed E-state index contributed by atoms with van der Waals surface area (Å²) in [5.74, 6) is -0.0370. The van der Waals surface area contributed by atoms with Crippen molar-refractivity contribution in [3.8, 4) is 0 Å². The quantitative estimate of drug-likeness (QED) is 0.694. The van der Waals surface area contributed by atoms with Gasteiger partial charge in [0.2, 0.25) is 5.91 Å². The number of aromatic nitrogens is 4. The first kappa shape index (κ1) is 17.5. The molecule has 1 fully saturated rings. The molecule has 7 nitrogen and oxygen atoms in total. The first-order valence-corrected chi connectivity index (χ1v) is 9.44. The fourth-order valence-corrected chi connectivity index (χ4v) is 3.80. The van der Waals surface area contributed by atoms with Crippen molar-refractivity contribution in [1.82, 2.24) is 24.5 Å². The Balaban J connectivity index is 1.48. The van der Waals surface area contributed by atoms with Crippen LogP contribution in [-0.4, -0.2) is 43.0 Å². The maximum atomic E-state index is 12.9. The fraction of sp³-hybridized carbons (Fsp3) is 0.400. The molecule has 1 aliphatic heterocycles. The zero-order valence-corrected chi connectivity index (χ0v) is 15.2. The third kappa shape index (κ3) is 3.77. The van der Waals surface area contributed by atoms with E-state index in [9.17, 15) is 9.59 Å². The van der Waals surface area contributed by atoms with E-state index < -0.39 is 0 Å². The zero-order valence-electron chi connectivity index (χ0n) is 15.2. The van der Waals surface area contributed by atoms with Crippen molar-refractivity contribution in [3.63, 3.8) is 0 Å². The molecule has 1 atom stereocenters. The van der Waals surface area contributed by atoms with Crippen molar-refractivity contribution in [2.45, 2.75) is 44.8 Å². The second-order valence-electron chi connectivity index (χ2n) is 6.99. The van der Waals surface area contributed by atoms with Crippen LogP contribution in [0.4, 0.5) is 0 Å². The van der Waals surface area contributed by atoms with Crippen LogP contribution in [-0.2, 0) is 17.9 Å². The van der Waals surface area contributed by atoms with Crippen LogP contribution in [0.1, 0.15) is 25.7 Å². The van der Waals surface area contributed by atoms with Crippen LogP contribution in [0.25, 0.3) is 10.8 Å². The number of carbonyl (C=O) groups is 1. The molecule has 1 saturated heterocycles. The highest BCUT2D eigenvalue weighted by molar-refractivity contribution is 5.81. The number of carbonyl (C=O) groups excluding carboxylic acids is 1. The number of benzene rings is 1. The van der Waals surface area contributed by atoms with E-state index >= 15 is 0 Å². The summed E-state index contributed by atoms with van der Waals surface area (Å²) < 4.78 is 3.18. The van der Waals surface area contributed by atoms with E-state index in [1.54, 1.807) is 18.5 Å². The van der Waals surface area contributed by atoms with E-state index in [-0.39, 0.29) is 24.1 Å². The topological polar surface area (TPSA) is 73.0 Å². The van der Waals surface area contributed by atoms with Crippen molar-refractivity contribution in [2.24, 2.45) is 0 Å². The highest BCUT2D eigenvalue weighted by Gasteiger charge is 2.27. The van der Waals surface area contributed by atoms with Crippen LogP contribution in [0.15, 0.2) is 53.7 Å². The van der Waals surface area contributed by atoms with Crippen LogP contribution < -0.4 is 5.56 Å². The van der Waals surface area contributed by atoms with Crippen molar-refractivity contribution < 1.29 is 4.79 Å². The molecule has 140 valence electrons. The van der Waals surface area contributed by atoms with E-state index in [1.807, 2.05) is 40.0 Å². The highest BCUT2D eigenvalue weighted by atomic mass is 16.2. The second-order valence-corrected chi connectivity index (χ2v) is 6.99. The molecule has 27 heavy (non-hydrogen) atoms. The molecule has 0 bridgehead atoms. The lowest BCUT2D eigenvalue weighted by atomic mass is 9.99. The summed E-state index contributed by atoms with van der Waals surface area (Å²) in [6, 6.07) is 9.41. The fourth-order valence-electron chi connectivity index (χ4n) is 3.80. The number of hydrogen-bond acceptors (Lipinski definition) is 4. The third-order valence-corrected chi connectivity index (χ3v) is 5.24. The number of hydrogen-bond donors (Lipinski definition) is 0. The minimum absolute atomic E-state index is 0.0120. The van der Waals surface area contributed by atoms with Gasteiger partial charge in [0.15, 0.2) is 0 Å². The number of nitrogens with zero attached hydrogens (tertiary/aromatic N) is 5. The van der Waals surface area contributed by atoms with Crippen molar-refractivity contribution in [1.29, 1.82) is 0 Å². The molecular formula is C20H23N5O2. The predicted molar refractivity (Wildman–Crippen MR) is 102 cm³/mol. The minimum atomic E-state index is -0.216.